The maximum atomic E-state index is 10.8. The van der Waals surface area contributed by atoms with Crippen molar-refractivity contribution in [1.82, 2.24) is 0 Å². The van der Waals surface area contributed by atoms with Gasteiger partial charge in [0.05, 0.1) is 6.42 Å². The Hall–Kier alpha value is -0.790. The van der Waals surface area contributed by atoms with Crippen molar-refractivity contribution in [2.75, 3.05) is 0 Å². The molecule has 0 radical (unpaired) electrons. The minimum atomic E-state index is -0.691. The first-order valence-electron chi connectivity index (χ1n) is 6.95. The highest BCUT2D eigenvalue weighted by Gasteiger charge is 2.49. The van der Waals surface area contributed by atoms with Crippen LogP contribution in [0.3, 0.4) is 0 Å². The van der Waals surface area contributed by atoms with Gasteiger partial charge in [-0.2, -0.15) is 0 Å². The summed E-state index contributed by atoms with van der Waals surface area (Å²) in [5, 5.41) is 8.86. The molecular formula is C15H22O2. The first kappa shape index (κ1) is 11.3. The van der Waals surface area contributed by atoms with Gasteiger partial charge in [-0.3, -0.25) is 4.79 Å². The number of allylic oxidation sites excluding steroid dienone is 1. The third kappa shape index (κ3) is 2.14. The molecule has 4 aliphatic carbocycles. The molecule has 4 saturated carbocycles. The van der Waals surface area contributed by atoms with Crippen molar-refractivity contribution >= 4 is 5.97 Å². The summed E-state index contributed by atoms with van der Waals surface area (Å²) in [6.07, 6.45) is 10.9. The van der Waals surface area contributed by atoms with E-state index in [2.05, 4.69) is 6.08 Å². The van der Waals surface area contributed by atoms with Crippen LogP contribution in [-0.4, -0.2) is 11.1 Å². The zero-order chi connectivity index (χ0) is 12.0. The fourth-order valence-corrected chi connectivity index (χ4v) is 5.17. The Bertz CT molecular complexity index is 332. The van der Waals surface area contributed by atoms with Gasteiger partial charge in [0.1, 0.15) is 0 Å². The molecule has 1 N–H and O–H groups in total. The maximum absolute atomic E-state index is 10.8. The zero-order valence-corrected chi connectivity index (χ0v) is 10.6. The summed E-state index contributed by atoms with van der Waals surface area (Å²) in [4.78, 5) is 10.8. The van der Waals surface area contributed by atoms with Gasteiger partial charge in [-0.25, -0.2) is 0 Å². The summed E-state index contributed by atoms with van der Waals surface area (Å²) in [6, 6.07) is 0. The smallest absolute Gasteiger partial charge is 0.307 e. The number of carbonyl (C=O) groups is 1. The molecule has 0 heterocycles. The molecule has 2 nitrogen and oxygen atoms in total. The monoisotopic (exact) mass is 234 g/mol. The largest absolute Gasteiger partial charge is 0.481 e. The fraction of sp³-hybridized carbons (Fsp3) is 0.800. The molecule has 4 fully saturated rings. The Labute approximate surface area is 103 Å². The molecule has 0 saturated heterocycles. The standard InChI is InChI=1S/C15H22O2/c1-10(2-14(16)17)6-15-7-11-3-12(8-15)5-13(4-11)9-15/h6,11-13H,2-5,7-9H2,1H3,(H,16,17)/b10-6+. The van der Waals surface area contributed by atoms with E-state index in [-0.39, 0.29) is 6.42 Å². The predicted octanol–water partition coefficient (Wildman–Crippen LogP) is 3.62. The molecule has 2 heteroatoms. The predicted molar refractivity (Wildman–Crippen MR) is 66.6 cm³/mol. The van der Waals surface area contributed by atoms with E-state index in [4.69, 9.17) is 5.11 Å². The summed E-state index contributed by atoms with van der Waals surface area (Å²) in [7, 11) is 0. The summed E-state index contributed by atoms with van der Waals surface area (Å²) >= 11 is 0. The molecule has 0 unspecified atom stereocenters. The van der Waals surface area contributed by atoms with Gasteiger partial charge in [0.2, 0.25) is 0 Å². The summed E-state index contributed by atoms with van der Waals surface area (Å²) in [6.45, 7) is 1.99. The van der Waals surface area contributed by atoms with E-state index in [9.17, 15) is 4.79 Å². The Morgan fingerprint density at radius 2 is 1.65 bits per heavy atom. The van der Waals surface area contributed by atoms with Gasteiger partial charge in [0.15, 0.2) is 0 Å². The molecule has 0 aromatic carbocycles. The van der Waals surface area contributed by atoms with Crippen LogP contribution >= 0.6 is 0 Å². The Kier molecular flexibility index (Phi) is 2.57. The highest BCUT2D eigenvalue weighted by Crippen LogP contribution is 2.60. The zero-order valence-electron chi connectivity index (χ0n) is 10.6. The second kappa shape index (κ2) is 3.86. The number of rotatable bonds is 3. The molecule has 0 amide bonds. The molecule has 4 rings (SSSR count). The molecule has 4 bridgehead atoms. The van der Waals surface area contributed by atoms with Gasteiger partial charge < -0.3 is 5.11 Å². The van der Waals surface area contributed by atoms with Crippen molar-refractivity contribution in [3.05, 3.63) is 11.6 Å². The van der Waals surface area contributed by atoms with Crippen LogP contribution in [0.5, 0.6) is 0 Å². The molecule has 0 aliphatic heterocycles. The van der Waals surface area contributed by atoms with Crippen molar-refractivity contribution in [3.63, 3.8) is 0 Å². The van der Waals surface area contributed by atoms with E-state index in [0.29, 0.717) is 5.41 Å². The maximum Gasteiger partial charge on any atom is 0.307 e. The quantitative estimate of drug-likeness (QED) is 0.757. The van der Waals surface area contributed by atoms with Crippen LogP contribution in [0.4, 0.5) is 0 Å². The second-order valence-corrected chi connectivity index (χ2v) is 6.84. The lowest BCUT2D eigenvalue weighted by Crippen LogP contribution is -2.45. The van der Waals surface area contributed by atoms with Gasteiger partial charge in [-0.1, -0.05) is 11.6 Å². The van der Waals surface area contributed by atoms with Crippen LogP contribution < -0.4 is 0 Å². The molecular weight excluding hydrogens is 212 g/mol. The molecule has 4 aliphatic rings. The van der Waals surface area contributed by atoms with E-state index in [1.165, 1.54) is 38.5 Å². The summed E-state index contributed by atoms with van der Waals surface area (Å²) < 4.78 is 0. The number of carboxylic acids is 1. The number of hydrogen-bond acceptors (Lipinski definition) is 1. The average Bonchev–Trinajstić information content (AvgIpc) is 2.11. The van der Waals surface area contributed by atoms with Gasteiger partial charge in [-0.15, -0.1) is 0 Å². The lowest BCUT2D eigenvalue weighted by molar-refractivity contribution is -0.136. The van der Waals surface area contributed by atoms with Gasteiger partial charge >= 0.3 is 5.97 Å². The van der Waals surface area contributed by atoms with Crippen molar-refractivity contribution in [2.24, 2.45) is 23.2 Å². The van der Waals surface area contributed by atoms with Crippen LogP contribution in [0.15, 0.2) is 11.6 Å². The topological polar surface area (TPSA) is 37.3 Å². The van der Waals surface area contributed by atoms with Gasteiger partial charge in [0.25, 0.3) is 0 Å². The highest BCUT2D eigenvalue weighted by atomic mass is 16.4. The number of aliphatic carboxylic acids is 1. The number of carboxylic acid groups (broad SMARTS) is 1. The van der Waals surface area contributed by atoms with Crippen molar-refractivity contribution in [1.29, 1.82) is 0 Å². The van der Waals surface area contributed by atoms with Gasteiger partial charge in [0, 0.05) is 0 Å². The Morgan fingerprint density at radius 1 is 1.18 bits per heavy atom. The second-order valence-electron chi connectivity index (χ2n) is 6.84. The molecule has 17 heavy (non-hydrogen) atoms. The SMILES string of the molecule is C/C(=C\C12CC3CC(CC(C3)C1)C2)CC(=O)O. The molecule has 0 spiro atoms. The van der Waals surface area contributed by atoms with E-state index in [1.54, 1.807) is 0 Å². The van der Waals surface area contributed by atoms with Crippen LogP contribution in [0.1, 0.15) is 51.9 Å². The van der Waals surface area contributed by atoms with Crippen LogP contribution in [-0.2, 0) is 4.79 Å². The first-order chi connectivity index (χ1) is 8.05. The minimum absolute atomic E-state index is 0.224. The Morgan fingerprint density at radius 3 is 2.06 bits per heavy atom. The van der Waals surface area contributed by atoms with Crippen LogP contribution in [0, 0.1) is 23.2 Å². The van der Waals surface area contributed by atoms with Crippen molar-refractivity contribution in [2.45, 2.75) is 51.9 Å². The third-order valence-electron chi connectivity index (χ3n) is 5.07. The fourth-order valence-electron chi connectivity index (χ4n) is 5.17. The Balaban J connectivity index is 1.80. The summed E-state index contributed by atoms with van der Waals surface area (Å²) in [5.41, 5.74) is 1.45. The van der Waals surface area contributed by atoms with Crippen molar-refractivity contribution in [3.8, 4) is 0 Å². The third-order valence-corrected chi connectivity index (χ3v) is 5.07. The van der Waals surface area contributed by atoms with E-state index in [1.807, 2.05) is 6.92 Å². The van der Waals surface area contributed by atoms with E-state index < -0.39 is 5.97 Å². The van der Waals surface area contributed by atoms with Crippen molar-refractivity contribution < 1.29 is 9.90 Å². The van der Waals surface area contributed by atoms with Crippen LogP contribution in [0.2, 0.25) is 0 Å². The lowest BCUT2D eigenvalue weighted by Gasteiger charge is -2.56. The summed E-state index contributed by atoms with van der Waals surface area (Å²) in [5.74, 6) is 2.13. The average molecular weight is 234 g/mol. The van der Waals surface area contributed by atoms with E-state index >= 15 is 0 Å². The minimum Gasteiger partial charge on any atom is -0.481 e. The molecule has 94 valence electrons. The first-order valence-corrected chi connectivity index (χ1v) is 6.95. The van der Waals surface area contributed by atoms with Crippen LogP contribution in [0.25, 0.3) is 0 Å². The molecule has 0 aromatic rings. The highest BCUT2D eigenvalue weighted by molar-refractivity contribution is 5.69. The van der Waals surface area contributed by atoms with E-state index in [0.717, 1.165) is 23.3 Å². The van der Waals surface area contributed by atoms with Gasteiger partial charge in [-0.05, 0) is 68.6 Å². The molecule has 0 atom stereocenters. The number of hydrogen-bond donors (Lipinski definition) is 1. The normalized spacial score (nSPS) is 44.1. The molecule has 0 aromatic heterocycles. The lowest BCUT2D eigenvalue weighted by atomic mass is 9.49.